The summed E-state index contributed by atoms with van der Waals surface area (Å²) < 4.78 is 0. The van der Waals surface area contributed by atoms with Gasteiger partial charge in [-0.3, -0.25) is 4.79 Å². The minimum atomic E-state index is 0.0895. The highest BCUT2D eigenvalue weighted by molar-refractivity contribution is 5.96. The molecule has 0 aliphatic rings. The summed E-state index contributed by atoms with van der Waals surface area (Å²) in [6.45, 7) is 10.2. The Kier molecular flexibility index (Phi) is 6.98. The maximum atomic E-state index is 12.7. The van der Waals surface area contributed by atoms with Crippen LogP contribution in [0.5, 0.6) is 0 Å². The summed E-state index contributed by atoms with van der Waals surface area (Å²) in [5.74, 6) is 6.42. The minimum absolute atomic E-state index is 0.0895. The zero-order valence-electron chi connectivity index (χ0n) is 13.6. The first-order valence-corrected chi connectivity index (χ1v) is 7.62. The summed E-state index contributed by atoms with van der Waals surface area (Å²) in [5, 5.41) is 0. The molecule has 0 saturated carbocycles. The number of carbonyl (C=O) groups is 1. The Hall–Kier alpha value is -1.79. The first kappa shape index (κ1) is 17.3. The molecule has 1 amide bonds. The quantitative estimate of drug-likeness (QED) is 0.846. The Bertz CT molecular complexity index is 540. The fourth-order valence-corrected chi connectivity index (χ4v) is 2.11. The Balaban J connectivity index is 3.03. The van der Waals surface area contributed by atoms with Gasteiger partial charge < -0.3 is 10.6 Å². The molecule has 0 radical (unpaired) electrons. The molecule has 0 aliphatic heterocycles. The van der Waals surface area contributed by atoms with Crippen molar-refractivity contribution in [2.75, 3.05) is 19.6 Å². The first-order valence-electron chi connectivity index (χ1n) is 7.62. The number of hydrogen-bond donors (Lipinski definition) is 1. The molecular weight excluding hydrogens is 260 g/mol. The summed E-state index contributed by atoms with van der Waals surface area (Å²) in [5.41, 5.74) is 7.96. The van der Waals surface area contributed by atoms with Gasteiger partial charge in [-0.05, 0) is 37.5 Å². The van der Waals surface area contributed by atoms with Gasteiger partial charge in [-0.2, -0.15) is 0 Å². The predicted molar refractivity (Wildman–Crippen MR) is 88.1 cm³/mol. The average molecular weight is 286 g/mol. The van der Waals surface area contributed by atoms with Gasteiger partial charge in [0.2, 0.25) is 0 Å². The first-order chi connectivity index (χ1) is 10.0. The Morgan fingerprint density at radius 2 is 2.10 bits per heavy atom. The number of rotatable bonds is 5. The molecule has 1 unspecified atom stereocenters. The maximum absolute atomic E-state index is 12.7. The van der Waals surface area contributed by atoms with E-state index in [1.165, 1.54) is 0 Å². The summed E-state index contributed by atoms with van der Waals surface area (Å²) in [7, 11) is 0. The molecule has 114 valence electrons. The van der Waals surface area contributed by atoms with Crippen LogP contribution in [-0.2, 0) is 0 Å². The van der Waals surface area contributed by atoms with Crippen LogP contribution in [-0.4, -0.2) is 30.4 Å². The van der Waals surface area contributed by atoms with E-state index in [4.69, 9.17) is 5.73 Å². The molecule has 21 heavy (non-hydrogen) atoms. The molecule has 0 spiro atoms. The zero-order valence-corrected chi connectivity index (χ0v) is 13.6. The van der Waals surface area contributed by atoms with E-state index >= 15 is 0 Å². The van der Waals surface area contributed by atoms with Crippen molar-refractivity contribution in [3.63, 3.8) is 0 Å². The van der Waals surface area contributed by atoms with Crippen molar-refractivity contribution in [2.45, 2.75) is 34.1 Å². The van der Waals surface area contributed by atoms with Gasteiger partial charge in [-0.15, -0.1) is 0 Å². The van der Waals surface area contributed by atoms with Gasteiger partial charge in [0.15, 0.2) is 0 Å². The third-order valence-corrected chi connectivity index (χ3v) is 3.70. The molecule has 0 heterocycles. The fraction of sp³-hybridized carbons (Fsp3) is 0.500. The van der Waals surface area contributed by atoms with Gasteiger partial charge in [-0.25, -0.2) is 0 Å². The molecule has 1 atom stereocenters. The largest absolute Gasteiger partial charge is 0.339 e. The van der Waals surface area contributed by atoms with Crippen LogP contribution in [0.4, 0.5) is 0 Å². The van der Waals surface area contributed by atoms with Gasteiger partial charge in [0.05, 0.1) is 6.54 Å². The van der Waals surface area contributed by atoms with Crippen LogP contribution in [0.3, 0.4) is 0 Å². The number of benzene rings is 1. The van der Waals surface area contributed by atoms with E-state index in [9.17, 15) is 4.79 Å². The Morgan fingerprint density at radius 3 is 2.67 bits per heavy atom. The third kappa shape index (κ3) is 4.91. The second-order valence-corrected chi connectivity index (χ2v) is 5.39. The molecule has 3 nitrogen and oxygen atoms in total. The number of nitrogens with two attached hydrogens (primary N) is 1. The average Bonchev–Trinajstić information content (AvgIpc) is 2.50. The molecule has 1 aromatic rings. The van der Waals surface area contributed by atoms with E-state index in [2.05, 4.69) is 25.7 Å². The van der Waals surface area contributed by atoms with Crippen LogP contribution in [0.2, 0.25) is 0 Å². The van der Waals surface area contributed by atoms with E-state index < -0.39 is 0 Å². The van der Waals surface area contributed by atoms with Gasteiger partial charge in [0, 0.05) is 24.2 Å². The van der Waals surface area contributed by atoms with Crippen LogP contribution in [0.1, 0.15) is 48.7 Å². The van der Waals surface area contributed by atoms with Crippen LogP contribution < -0.4 is 5.73 Å². The highest BCUT2D eigenvalue weighted by Crippen LogP contribution is 2.15. The molecule has 3 heteroatoms. The lowest BCUT2D eigenvalue weighted by molar-refractivity contribution is 0.0740. The SMILES string of the molecule is CCC(C)CN(CC)C(=O)c1cc(C#CCN)ccc1C. The monoisotopic (exact) mass is 286 g/mol. The van der Waals surface area contributed by atoms with Gasteiger partial charge in [0.1, 0.15) is 0 Å². The Morgan fingerprint density at radius 1 is 1.38 bits per heavy atom. The third-order valence-electron chi connectivity index (χ3n) is 3.70. The summed E-state index contributed by atoms with van der Waals surface area (Å²) in [4.78, 5) is 14.6. The molecule has 0 aromatic heterocycles. The second kappa shape index (κ2) is 8.49. The molecule has 0 aliphatic carbocycles. The minimum Gasteiger partial charge on any atom is -0.339 e. The van der Waals surface area contributed by atoms with E-state index in [0.717, 1.165) is 36.2 Å². The lowest BCUT2D eigenvalue weighted by atomic mass is 10.0. The number of hydrogen-bond acceptors (Lipinski definition) is 2. The van der Waals surface area contributed by atoms with Crippen LogP contribution in [0.15, 0.2) is 18.2 Å². The molecule has 2 N–H and O–H groups in total. The van der Waals surface area contributed by atoms with Crippen molar-refractivity contribution >= 4 is 5.91 Å². The van der Waals surface area contributed by atoms with Crippen LogP contribution in [0.25, 0.3) is 0 Å². The number of aryl methyl sites for hydroxylation is 1. The van der Waals surface area contributed by atoms with Crippen LogP contribution in [0, 0.1) is 24.7 Å². The van der Waals surface area contributed by atoms with Crippen molar-refractivity contribution < 1.29 is 4.79 Å². The number of nitrogens with zero attached hydrogens (tertiary/aromatic N) is 1. The zero-order chi connectivity index (χ0) is 15.8. The smallest absolute Gasteiger partial charge is 0.254 e. The molecule has 0 fully saturated rings. The van der Waals surface area contributed by atoms with E-state index in [1.807, 2.05) is 36.9 Å². The Labute approximate surface area is 128 Å². The molecule has 0 bridgehead atoms. The molecule has 0 saturated heterocycles. The van der Waals surface area contributed by atoms with E-state index in [0.29, 0.717) is 12.5 Å². The normalized spacial score (nSPS) is 11.5. The topological polar surface area (TPSA) is 46.3 Å². The van der Waals surface area contributed by atoms with Crippen molar-refractivity contribution in [3.05, 3.63) is 34.9 Å². The number of amides is 1. The molecule has 1 aromatic carbocycles. The van der Waals surface area contributed by atoms with Gasteiger partial charge >= 0.3 is 0 Å². The lowest BCUT2D eigenvalue weighted by Gasteiger charge is -2.25. The second-order valence-electron chi connectivity index (χ2n) is 5.39. The van der Waals surface area contributed by atoms with E-state index in [1.54, 1.807) is 0 Å². The van der Waals surface area contributed by atoms with Crippen molar-refractivity contribution in [2.24, 2.45) is 11.7 Å². The maximum Gasteiger partial charge on any atom is 0.254 e. The standard InChI is InChI=1S/C18H26N2O/c1-5-14(3)13-20(6-2)18(21)17-12-16(8-7-11-19)10-9-15(17)4/h9-10,12,14H,5-6,11,13,19H2,1-4H3. The van der Waals surface area contributed by atoms with Gasteiger partial charge in [0.25, 0.3) is 5.91 Å². The summed E-state index contributed by atoms with van der Waals surface area (Å²) in [6, 6.07) is 5.75. The van der Waals surface area contributed by atoms with Gasteiger partial charge in [-0.1, -0.05) is 38.2 Å². The summed E-state index contributed by atoms with van der Waals surface area (Å²) >= 11 is 0. The lowest BCUT2D eigenvalue weighted by Crippen LogP contribution is -2.35. The number of carbonyl (C=O) groups excluding carboxylic acids is 1. The van der Waals surface area contributed by atoms with Crippen LogP contribution >= 0.6 is 0 Å². The van der Waals surface area contributed by atoms with E-state index in [-0.39, 0.29) is 5.91 Å². The van der Waals surface area contributed by atoms with Crippen molar-refractivity contribution in [3.8, 4) is 11.8 Å². The molecular formula is C18H26N2O. The van der Waals surface area contributed by atoms with Crippen molar-refractivity contribution in [1.82, 2.24) is 4.90 Å². The predicted octanol–water partition coefficient (Wildman–Crippen LogP) is 2.81. The fourth-order valence-electron chi connectivity index (χ4n) is 2.11. The highest BCUT2D eigenvalue weighted by Gasteiger charge is 2.18. The van der Waals surface area contributed by atoms with Crippen molar-refractivity contribution in [1.29, 1.82) is 0 Å². The highest BCUT2D eigenvalue weighted by atomic mass is 16.2. The molecule has 1 rings (SSSR count). The summed E-state index contributed by atoms with van der Waals surface area (Å²) in [6.07, 6.45) is 1.07.